The lowest BCUT2D eigenvalue weighted by Crippen LogP contribution is -2.26. The SMILES string of the molecule is COC(=O)CNC(C)c1ccc(C)c(C)c1. The molecule has 1 atom stereocenters. The summed E-state index contributed by atoms with van der Waals surface area (Å²) in [6.07, 6.45) is 0. The summed E-state index contributed by atoms with van der Waals surface area (Å²) in [5.74, 6) is -0.240. The summed E-state index contributed by atoms with van der Waals surface area (Å²) in [6.45, 7) is 6.45. The first-order valence-corrected chi connectivity index (χ1v) is 5.42. The van der Waals surface area contributed by atoms with Crippen LogP contribution in [0.4, 0.5) is 0 Å². The standard InChI is InChI=1S/C13H19NO2/c1-9-5-6-12(7-10(9)2)11(3)14-8-13(15)16-4/h5-7,11,14H,8H2,1-4H3. The molecule has 3 heteroatoms. The van der Waals surface area contributed by atoms with Crippen LogP contribution in [0.1, 0.15) is 29.7 Å². The summed E-state index contributed by atoms with van der Waals surface area (Å²) in [5.41, 5.74) is 3.74. The van der Waals surface area contributed by atoms with Gasteiger partial charge >= 0.3 is 5.97 Å². The molecule has 0 saturated carbocycles. The Balaban J connectivity index is 2.62. The van der Waals surface area contributed by atoms with E-state index in [1.807, 2.05) is 6.92 Å². The van der Waals surface area contributed by atoms with Crippen molar-refractivity contribution in [3.63, 3.8) is 0 Å². The Labute approximate surface area is 96.8 Å². The molecule has 0 aliphatic rings. The van der Waals surface area contributed by atoms with Crippen molar-refractivity contribution in [1.82, 2.24) is 5.32 Å². The molecular formula is C13H19NO2. The molecule has 0 aromatic heterocycles. The summed E-state index contributed by atoms with van der Waals surface area (Å²) in [5, 5.41) is 3.12. The Hall–Kier alpha value is -1.35. The number of carbonyl (C=O) groups is 1. The number of methoxy groups -OCH3 is 1. The summed E-state index contributed by atoms with van der Waals surface area (Å²) in [4.78, 5) is 11.0. The van der Waals surface area contributed by atoms with E-state index in [0.717, 1.165) is 0 Å². The predicted molar refractivity (Wildman–Crippen MR) is 64.3 cm³/mol. The second-order valence-electron chi connectivity index (χ2n) is 4.02. The van der Waals surface area contributed by atoms with Crippen LogP contribution in [-0.2, 0) is 9.53 Å². The molecule has 0 fully saturated rings. The molecule has 0 amide bonds. The Morgan fingerprint density at radius 1 is 1.38 bits per heavy atom. The summed E-state index contributed by atoms with van der Waals surface area (Å²) < 4.78 is 4.58. The molecule has 0 spiro atoms. The third-order valence-corrected chi connectivity index (χ3v) is 2.81. The van der Waals surface area contributed by atoms with Crippen LogP contribution in [0.3, 0.4) is 0 Å². The van der Waals surface area contributed by atoms with Crippen molar-refractivity contribution >= 4 is 5.97 Å². The molecule has 88 valence electrons. The first-order chi connectivity index (χ1) is 7.54. The first-order valence-electron chi connectivity index (χ1n) is 5.42. The van der Waals surface area contributed by atoms with Crippen molar-refractivity contribution in [2.24, 2.45) is 0 Å². The largest absolute Gasteiger partial charge is 0.468 e. The van der Waals surface area contributed by atoms with Gasteiger partial charge in [0.25, 0.3) is 0 Å². The zero-order chi connectivity index (χ0) is 12.1. The van der Waals surface area contributed by atoms with Gasteiger partial charge in [0.1, 0.15) is 0 Å². The Morgan fingerprint density at radius 3 is 2.62 bits per heavy atom. The van der Waals surface area contributed by atoms with E-state index in [-0.39, 0.29) is 18.6 Å². The van der Waals surface area contributed by atoms with Crippen LogP contribution in [0.2, 0.25) is 0 Å². The zero-order valence-corrected chi connectivity index (χ0v) is 10.3. The quantitative estimate of drug-likeness (QED) is 0.791. The van der Waals surface area contributed by atoms with E-state index in [2.05, 4.69) is 42.1 Å². The average molecular weight is 221 g/mol. The second-order valence-corrected chi connectivity index (χ2v) is 4.02. The van der Waals surface area contributed by atoms with E-state index < -0.39 is 0 Å². The summed E-state index contributed by atoms with van der Waals surface area (Å²) in [6, 6.07) is 6.47. The molecule has 1 unspecified atom stereocenters. The third-order valence-electron chi connectivity index (χ3n) is 2.81. The fraction of sp³-hybridized carbons (Fsp3) is 0.462. The fourth-order valence-corrected chi connectivity index (χ4v) is 1.46. The third kappa shape index (κ3) is 3.35. The monoisotopic (exact) mass is 221 g/mol. The molecule has 0 aliphatic heterocycles. The normalized spacial score (nSPS) is 12.2. The lowest BCUT2D eigenvalue weighted by Gasteiger charge is -2.14. The number of hydrogen-bond donors (Lipinski definition) is 1. The molecule has 1 aromatic carbocycles. The number of nitrogens with one attached hydrogen (secondary N) is 1. The van der Waals surface area contributed by atoms with Gasteiger partial charge in [-0.2, -0.15) is 0 Å². The highest BCUT2D eigenvalue weighted by Crippen LogP contribution is 2.16. The molecule has 0 saturated heterocycles. The van der Waals surface area contributed by atoms with Gasteiger partial charge in [0, 0.05) is 6.04 Å². The van der Waals surface area contributed by atoms with Gasteiger partial charge in [-0.1, -0.05) is 18.2 Å². The number of rotatable bonds is 4. The molecule has 3 nitrogen and oxygen atoms in total. The van der Waals surface area contributed by atoms with Gasteiger partial charge in [0.05, 0.1) is 13.7 Å². The van der Waals surface area contributed by atoms with Crippen molar-refractivity contribution in [3.8, 4) is 0 Å². The lowest BCUT2D eigenvalue weighted by molar-refractivity contribution is -0.139. The van der Waals surface area contributed by atoms with Gasteiger partial charge in [0.2, 0.25) is 0 Å². The molecule has 1 N–H and O–H groups in total. The van der Waals surface area contributed by atoms with Crippen LogP contribution in [0.25, 0.3) is 0 Å². The maximum Gasteiger partial charge on any atom is 0.319 e. The molecule has 1 rings (SSSR count). The number of hydrogen-bond acceptors (Lipinski definition) is 3. The number of aryl methyl sites for hydroxylation is 2. The number of benzene rings is 1. The maximum atomic E-state index is 11.0. The number of esters is 1. The van der Waals surface area contributed by atoms with Gasteiger partial charge in [-0.15, -0.1) is 0 Å². The molecule has 0 aliphatic carbocycles. The highest BCUT2D eigenvalue weighted by Gasteiger charge is 2.08. The maximum absolute atomic E-state index is 11.0. The van der Waals surface area contributed by atoms with Crippen molar-refractivity contribution in [2.45, 2.75) is 26.8 Å². The van der Waals surface area contributed by atoms with Crippen molar-refractivity contribution < 1.29 is 9.53 Å². The fourth-order valence-electron chi connectivity index (χ4n) is 1.46. The van der Waals surface area contributed by atoms with Crippen LogP contribution in [0.15, 0.2) is 18.2 Å². The Kier molecular flexibility index (Phi) is 4.50. The van der Waals surface area contributed by atoms with E-state index in [0.29, 0.717) is 0 Å². The second kappa shape index (κ2) is 5.66. The summed E-state index contributed by atoms with van der Waals surface area (Å²) in [7, 11) is 1.39. The lowest BCUT2D eigenvalue weighted by atomic mass is 10.0. The number of carbonyl (C=O) groups excluding carboxylic acids is 1. The molecule has 0 bridgehead atoms. The van der Waals surface area contributed by atoms with Crippen molar-refractivity contribution in [1.29, 1.82) is 0 Å². The first kappa shape index (κ1) is 12.7. The van der Waals surface area contributed by atoms with Crippen LogP contribution in [0.5, 0.6) is 0 Å². The topological polar surface area (TPSA) is 38.3 Å². The predicted octanol–water partition coefficient (Wildman–Crippen LogP) is 2.13. The van der Waals surface area contributed by atoms with Crippen molar-refractivity contribution in [3.05, 3.63) is 34.9 Å². The van der Waals surface area contributed by atoms with Crippen LogP contribution in [-0.4, -0.2) is 19.6 Å². The van der Waals surface area contributed by atoms with Crippen LogP contribution in [0, 0.1) is 13.8 Å². The minimum atomic E-state index is -0.240. The molecule has 0 heterocycles. The van der Waals surface area contributed by atoms with Gasteiger partial charge in [0.15, 0.2) is 0 Å². The molecule has 16 heavy (non-hydrogen) atoms. The van der Waals surface area contributed by atoms with Crippen molar-refractivity contribution in [2.75, 3.05) is 13.7 Å². The van der Waals surface area contributed by atoms with Gasteiger partial charge in [-0.05, 0) is 37.5 Å². The highest BCUT2D eigenvalue weighted by molar-refractivity contribution is 5.71. The Bertz CT molecular complexity index is 374. The van der Waals surface area contributed by atoms with E-state index >= 15 is 0 Å². The number of ether oxygens (including phenoxy) is 1. The van der Waals surface area contributed by atoms with Crippen LogP contribution < -0.4 is 5.32 Å². The van der Waals surface area contributed by atoms with Crippen LogP contribution >= 0.6 is 0 Å². The minimum Gasteiger partial charge on any atom is -0.468 e. The zero-order valence-electron chi connectivity index (χ0n) is 10.3. The highest BCUT2D eigenvalue weighted by atomic mass is 16.5. The van der Waals surface area contributed by atoms with E-state index in [1.165, 1.54) is 23.8 Å². The average Bonchev–Trinajstić information content (AvgIpc) is 2.29. The molecular weight excluding hydrogens is 202 g/mol. The van der Waals surface area contributed by atoms with Gasteiger partial charge < -0.3 is 10.1 Å². The van der Waals surface area contributed by atoms with E-state index in [9.17, 15) is 4.79 Å². The minimum absolute atomic E-state index is 0.151. The summed E-state index contributed by atoms with van der Waals surface area (Å²) >= 11 is 0. The molecule has 1 aromatic rings. The smallest absolute Gasteiger partial charge is 0.319 e. The van der Waals surface area contributed by atoms with E-state index in [1.54, 1.807) is 0 Å². The molecule has 0 radical (unpaired) electrons. The van der Waals surface area contributed by atoms with E-state index in [4.69, 9.17) is 0 Å². The van der Waals surface area contributed by atoms with Gasteiger partial charge in [-0.3, -0.25) is 4.79 Å². The van der Waals surface area contributed by atoms with Gasteiger partial charge in [-0.25, -0.2) is 0 Å². The Morgan fingerprint density at radius 2 is 2.06 bits per heavy atom.